The smallest absolute Gasteiger partial charge is 0.305 e. The van der Waals surface area contributed by atoms with Gasteiger partial charge in [0.1, 0.15) is 19.3 Å². The van der Waals surface area contributed by atoms with Crippen LogP contribution >= 0.6 is 0 Å². The molecule has 1 atom stereocenters. The summed E-state index contributed by atoms with van der Waals surface area (Å²) in [5, 5.41) is 0. The molecule has 0 bridgehead atoms. The summed E-state index contributed by atoms with van der Waals surface area (Å²) in [5.41, 5.74) is 0. The standard InChI is InChI=1S/C59H114O5/c1-4-7-10-13-16-19-22-25-28-30-32-35-38-41-44-47-50-53-59(61)64-56-57(62-54-51-48-45-42-39-36-33-29-26-23-20-17-14-11-8-5-2)55-63-58(60)52-49-46-43-40-37-34-31-27-24-21-18-15-12-9-6-3/h27,31,57H,4-26,28-30,32-56H2,1-3H3/b31-27-/t57-/m1/s1. The normalized spacial score (nSPS) is 12.1. The summed E-state index contributed by atoms with van der Waals surface area (Å²) < 4.78 is 17.5. The van der Waals surface area contributed by atoms with E-state index in [4.69, 9.17) is 14.2 Å². The van der Waals surface area contributed by atoms with Crippen LogP contribution in [-0.4, -0.2) is 37.9 Å². The number of hydrogen-bond donors (Lipinski definition) is 0. The van der Waals surface area contributed by atoms with Crippen molar-refractivity contribution in [3.63, 3.8) is 0 Å². The molecule has 0 aromatic heterocycles. The molecule has 0 aromatic rings. The maximum Gasteiger partial charge on any atom is 0.305 e. The molecule has 5 nitrogen and oxygen atoms in total. The van der Waals surface area contributed by atoms with Gasteiger partial charge in [0.25, 0.3) is 0 Å². The van der Waals surface area contributed by atoms with Crippen molar-refractivity contribution >= 4 is 11.9 Å². The van der Waals surface area contributed by atoms with E-state index in [1.807, 2.05) is 0 Å². The third-order valence-corrected chi connectivity index (χ3v) is 13.3. The van der Waals surface area contributed by atoms with Crippen LogP contribution in [-0.2, 0) is 23.8 Å². The van der Waals surface area contributed by atoms with Crippen molar-refractivity contribution < 1.29 is 23.8 Å². The minimum atomic E-state index is -0.395. The fourth-order valence-corrected chi connectivity index (χ4v) is 8.89. The van der Waals surface area contributed by atoms with Crippen LogP contribution in [0.1, 0.15) is 329 Å². The molecule has 0 N–H and O–H groups in total. The van der Waals surface area contributed by atoms with Crippen molar-refractivity contribution in [2.45, 2.75) is 335 Å². The average molecular weight is 904 g/mol. The molecule has 0 fully saturated rings. The molecule has 0 spiro atoms. The maximum absolute atomic E-state index is 12.7. The highest BCUT2D eigenvalue weighted by Crippen LogP contribution is 2.17. The predicted octanol–water partition coefficient (Wildman–Crippen LogP) is 19.8. The lowest BCUT2D eigenvalue weighted by atomic mass is 10.0. The third kappa shape index (κ3) is 53.3. The zero-order valence-electron chi connectivity index (χ0n) is 43.8. The molecule has 0 aliphatic rings. The van der Waals surface area contributed by atoms with Crippen molar-refractivity contribution in [3.8, 4) is 0 Å². The Hall–Kier alpha value is -1.36. The highest BCUT2D eigenvalue weighted by molar-refractivity contribution is 5.69. The van der Waals surface area contributed by atoms with Gasteiger partial charge in [-0.25, -0.2) is 0 Å². The van der Waals surface area contributed by atoms with E-state index in [0.29, 0.717) is 19.4 Å². The number of allylic oxidation sites excluding steroid dienone is 2. The number of carbonyl (C=O) groups is 2. The van der Waals surface area contributed by atoms with Crippen molar-refractivity contribution in [2.75, 3.05) is 19.8 Å². The van der Waals surface area contributed by atoms with E-state index in [-0.39, 0.29) is 25.2 Å². The summed E-state index contributed by atoms with van der Waals surface area (Å²) in [6.07, 6.45) is 65.4. The first kappa shape index (κ1) is 62.6. The molecule has 0 aromatic carbocycles. The Morgan fingerprint density at radius 3 is 0.828 bits per heavy atom. The van der Waals surface area contributed by atoms with Gasteiger partial charge in [-0.2, -0.15) is 0 Å². The second-order valence-corrected chi connectivity index (χ2v) is 19.9. The SMILES string of the molecule is CCCCCCCC/C=C\CCCCCCCC(=O)OC[C@H](COC(=O)CCCCCCCCCCCCCCCCCCC)OCCCCCCCCCCCCCCCCCC. The Balaban J connectivity index is 4.20. The molecule has 0 saturated carbocycles. The molecule has 0 unspecified atom stereocenters. The Morgan fingerprint density at radius 1 is 0.312 bits per heavy atom. The lowest BCUT2D eigenvalue weighted by Crippen LogP contribution is -2.29. The fourth-order valence-electron chi connectivity index (χ4n) is 8.89. The molecule has 0 radical (unpaired) electrons. The van der Waals surface area contributed by atoms with Crippen LogP contribution in [0.3, 0.4) is 0 Å². The average Bonchev–Trinajstić information content (AvgIpc) is 3.30. The molecule has 64 heavy (non-hydrogen) atoms. The van der Waals surface area contributed by atoms with E-state index in [1.165, 1.54) is 257 Å². The van der Waals surface area contributed by atoms with E-state index < -0.39 is 6.10 Å². The fraction of sp³-hybridized carbons (Fsp3) is 0.932. The molecule has 0 amide bonds. The Labute approximate surface area is 401 Å². The first-order chi connectivity index (χ1) is 31.6. The molecule has 5 heteroatoms. The van der Waals surface area contributed by atoms with E-state index >= 15 is 0 Å². The molecule has 0 saturated heterocycles. The molecule has 0 aliphatic carbocycles. The van der Waals surface area contributed by atoms with Gasteiger partial charge in [-0.05, 0) is 44.9 Å². The van der Waals surface area contributed by atoms with E-state index in [0.717, 1.165) is 38.5 Å². The molecular formula is C59H114O5. The lowest BCUT2D eigenvalue weighted by Gasteiger charge is -2.18. The minimum absolute atomic E-state index is 0.156. The van der Waals surface area contributed by atoms with Crippen LogP contribution in [0.5, 0.6) is 0 Å². The van der Waals surface area contributed by atoms with Gasteiger partial charge < -0.3 is 14.2 Å². The number of hydrogen-bond acceptors (Lipinski definition) is 5. The van der Waals surface area contributed by atoms with Crippen LogP contribution in [0.4, 0.5) is 0 Å². The quantitative estimate of drug-likeness (QED) is 0.0346. The largest absolute Gasteiger partial charge is 0.463 e. The van der Waals surface area contributed by atoms with Crippen LogP contribution in [0.2, 0.25) is 0 Å². The summed E-state index contributed by atoms with van der Waals surface area (Å²) in [6, 6.07) is 0. The Morgan fingerprint density at radius 2 is 0.547 bits per heavy atom. The monoisotopic (exact) mass is 903 g/mol. The summed E-state index contributed by atoms with van der Waals surface area (Å²) >= 11 is 0. The van der Waals surface area contributed by atoms with Gasteiger partial charge in [-0.15, -0.1) is 0 Å². The molecular weight excluding hydrogens is 789 g/mol. The highest BCUT2D eigenvalue weighted by Gasteiger charge is 2.16. The summed E-state index contributed by atoms with van der Waals surface area (Å²) in [4.78, 5) is 25.3. The van der Waals surface area contributed by atoms with E-state index in [9.17, 15) is 9.59 Å². The number of rotatable bonds is 55. The first-order valence-electron chi connectivity index (χ1n) is 29.2. The molecule has 0 rings (SSSR count). The predicted molar refractivity (Wildman–Crippen MR) is 279 cm³/mol. The zero-order valence-corrected chi connectivity index (χ0v) is 43.8. The van der Waals surface area contributed by atoms with E-state index in [1.54, 1.807) is 0 Å². The zero-order chi connectivity index (χ0) is 46.3. The molecule has 380 valence electrons. The number of ether oxygens (including phenoxy) is 3. The van der Waals surface area contributed by atoms with Crippen LogP contribution < -0.4 is 0 Å². The topological polar surface area (TPSA) is 61.8 Å². The van der Waals surface area contributed by atoms with Gasteiger partial charge in [0.05, 0.1) is 0 Å². The Kier molecular flexibility index (Phi) is 54.8. The summed E-state index contributed by atoms with van der Waals surface area (Å²) in [6.45, 7) is 7.80. The molecule has 0 aliphatic heterocycles. The van der Waals surface area contributed by atoms with Crippen molar-refractivity contribution in [3.05, 3.63) is 12.2 Å². The van der Waals surface area contributed by atoms with Crippen LogP contribution in [0.15, 0.2) is 12.2 Å². The van der Waals surface area contributed by atoms with Crippen LogP contribution in [0, 0.1) is 0 Å². The summed E-state index contributed by atoms with van der Waals surface area (Å²) in [7, 11) is 0. The van der Waals surface area contributed by atoms with Gasteiger partial charge in [-0.3, -0.25) is 9.59 Å². The van der Waals surface area contributed by atoms with Crippen molar-refractivity contribution in [2.24, 2.45) is 0 Å². The van der Waals surface area contributed by atoms with Gasteiger partial charge in [0.15, 0.2) is 0 Å². The minimum Gasteiger partial charge on any atom is -0.463 e. The summed E-state index contributed by atoms with van der Waals surface area (Å²) in [5.74, 6) is -0.319. The highest BCUT2D eigenvalue weighted by atomic mass is 16.6. The second kappa shape index (κ2) is 56.0. The van der Waals surface area contributed by atoms with E-state index in [2.05, 4.69) is 32.9 Å². The number of unbranched alkanes of at least 4 members (excludes halogenated alkanes) is 42. The number of esters is 2. The van der Waals surface area contributed by atoms with Crippen LogP contribution in [0.25, 0.3) is 0 Å². The van der Waals surface area contributed by atoms with Gasteiger partial charge in [0.2, 0.25) is 0 Å². The first-order valence-corrected chi connectivity index (χ1v) is 29.2. The lowest BCUT2D eigenvalue weighted by molar-refractivity contribution is -0.155. The van der Waals surface area contributed by atoms with Gasteiger partial charge in [-0.1, -0.05) is 283 Å². The van der Waals surface area contributed by atoms with Crippen molar-refractivity contribution in [1.82, 2.24) is 0 Å². The maximum atomic E-state index is 12.7. The second-order valence-electron chi connectivity index (χ2n) is 19.9. The molecule has 0 heterocycles. The van der Waals surface area contributed by atoms with Gasteiger partial charge >= 0.3 is 11.9 Å². The number of carbonyl (C=O) groups excluding carboxylic acids is 2. The van der Waals surface area contributed by atoms with Crippen molar-refractivity contribution in [1.29, 1.82) is 0 Å². The third-order valence-electron chi connectivity index (χ3n) is 13.3. The Bertz CT molecular complexity index is 932. The van der Waals surface area contributed by atoms with Gasteiger partial charge in [0, 0.05) is 19.4 Å².